The molecule has 5 nitrogen and oxygen atoms in total. The van der Waals surface area contributed by atoms with Crippen LogP contribution in [0.3, 0.4) is 0 Å². The van der Waals surface area contributed by atoms with Crippen molar-refractivity contribution in [3.63, 3.8) is 0 Å². The van der Waals surface area contributed by atoms with Gasteiger partial charge in [-0.1, -0.05) is 11.6 Å². The van der Waals surface area contributed by atoms with Crippen molar-refractivity contribution in [1.82, 2.24) is 0 Å². The van der Waals surface area contributed by atoms with Gasteiger partial charge in [0.25, 0.3) is 5.91 Å². The van der Waals surface area contributed by atoms with Crippen molar-refractivity contribution >= 4 is 34.2 Å². The Morgan fingerprint density at radius 2 is 1.88 bits per heavy atom. The average Bonchev–Trinajstić information content (AvgIpc) is 2.78. The van der Waals surface area contributed by atoms with Gasteiger partial charge in [-0.2, -0.15) is 0 Å². The van der Waals surface area contributed by atoms with Crippen molar-refractivity contribution in [3.05, 3.63) is 52.5 Å². The maximum Gasteiger partial charge on any atom is 0.291 e. The maximum absolute atomic E-state index is 13.4. The summed E-state index contributed by atoms with van der Waals surface area (Å²) in [6.07, 6.45) is 0.767. The zero-order valence-corrected chi connectivity index (χ0v) is 14.7. The molecule has 0 aliphatic carbocycles. The number of ether oxygens (including phenoxy) is 2. The number of fused-ring (bicyclic) bond motifs is 2. The molecule has 134 valence electrons. The summed E-state index contributed by atoms with van der Waals surface area (Å²) < 4.78 is 30.2. The minimum Gasteiger partial charge on any atom is -0.490 e. The van der Waals surface area contributed by atoms with Crippen molar-refractivity contribution in [2.24, 2.45) is 0 Å². The first-order valence-corrected chi connectivity index (χ1v) is 8.50. The van der Waals surface area contributed by atoms with Gasteiger partial charge in [0.15, 0.2) is 17.3 Å². The fourth-order valence-electron chi connectivity index (χ4n) is 2.87. The summed E-state index contributed by atoms with van der Waals surface area (Å²) in [6, 6.07) is 7.35. The number of anilines is 1. The van der Waals surface area contributed by atoms with Gasteiger partial charge in [0.1, 0.15) is 11.4 Å². The van der Waals surface area contributed by atoms with E-state index in [1.165, 1.54) is 18.2 Å². The second kappa shape index (κ2) is 6.53. The Labute approximate surface area is 153 Å². The Bertz CT molecular complexity index is 1010. The second-order valence-corrected chi connectivity index (χ2v) is 6.39. The number of carbonyl (C=O) groups is 1. The molecule has 1 aliphatic heterocycles. The van der Waals surface area contributed by atoms with Crippen LogP contribution in [0, 0.1) is 12.7 Å². The molecule has 0 unspecified atom stereocenters. The van der Waals surface area contributed by atoms with E-state index >= 15 is 0 Å². The van der Waals surface area contributed by atoms with Crippen molar-refractivity contribution in [2.45, 2.75) is 13.3 Å². The highest BCUT2D eigenvalue weighted by atomic mass is 35.5. The summed E-state index contributed by atoms with van der Waals surface area (Å²) in [6.45, 7) is 2.77. The van der Waals surface area contributed by atoms with E-state index in [1.807, 2.05) is 0 Å². The van der Waals surface area contributed by atoms with Gasteiger partial charge in [0.05, 0.1) is 23.9 Å². The van der Waals surface area contributed by atoms with Crippen molar-refractivity contribution < 1.29 is 23.1 Å². The van der Waals surface area contributed by atoms with Crippen LogP contribution in [0.1, 0.15) is 22.5 Å². The minimum atomic E-state index is -0.476. The first-order chi connectivity index (χ1) is 12.5. The van der Waals surface area contributed by atoms with Gasteiger partial charge in [0, 0.05) is 29.5 Å². The van der Waals surface area contributed by atoms with Gasteiger partial charge in [-0.25, -0.2) is 4.39 Å². The van der Waals surface area contributed by atoms with Crippen molar-refractivity contribution in [1.29, 1.82) is 0 Å². The van der Waals surface area contributed by atoms with E-state index in [2.05, 4.69) is 5.32 Å². The fraction of sp³-hybridized carbons (Fsp3) is 0.211. The smallest absolute Gasteiger partial charge is 0.291 e. The number of hydrogen-bond acceptors (Lipinski definition) is 4. The topological polar surface area (TPSA) is 60.7 Å². The number of amides is 1. The average molecular weight is 376 g/mol. The third kappa shape index (κ3) is 2.97. The molecule has 1 aromatic heterocycles. The highest BCUT2D eigenvalue weighted by Crippen LogP contribution is 2.38. The Morgan fingerprint density at radius 3 is 2.65 bits per heavy atom. The standard InChI is InChI=1S/C19H15ClFNO4/c1-10-12-7-11(21)3-4-15(12)26-18(10)19(23)22-14-9-17-16(8-13(14)20)24-5-2-6-25-17/h3-4,7-9H,2,5-6H2,1H3,(H,22,23). The summed E-state index contributed by atoms with van der Waals surface area (Å²) in [4.78, 5) is 12.6. The van der Waals surface area contributed by atoms with Gasteiger partial charge < -0.3 is 19.2 Å². The van der Waals surface area contributed by atoms with Crippen molar-refractivity contribution in [2.75, 3.05) is 18.5 Å². The summed E-state index contributed by atoms with van der Waals surface area (Å²) in [5.41, 5.74) is 1.38. The lowest BCUT2D eigenvalue weighted by Gasteiger charge is -2.12. The van der Waals surface area contributed by atoms with E-state index in [-0.39, 0.29) is 11.6 Å². The molecule has 26 heavy (non-hydrogen) atoms. The van der Waals surface area contributed by atoms with Gasteiger partial charge in [-0.15, -0.1) is 0 Å². The number of benzene rings is 2. The third-order valence-corrected chi connectivity index (χ3v) is 4.50. The third-order valence-electron chi connectivity index (χ3n) is 4.19. The molecule has 0 spiro atoms. The molecule has 0 fully saturated rings. The van der Waals surface area contributed by atoms with E-state index in [4.69, 9.17) is 25.5 Å². The summed E-state index contributed by atoms with van der Waals surface area (Å²) >= 11 is 6.25. The number of aryl methyl sites for hydroxylation is 1. The van der Waals surface area contributed by atoms with Crippen LogP contribution in [0.15, 0.2) is 34.7 Å². The Morgan fingerprint density at radius 1 is 1.15 bits per heavy atom. The molecule has 4 rings (SSSR count). The quantitative estimate of drug-likeness (QED) is 0.688. The van der Waals surface area contributed by atoms with Crippen LogP contribution in [0.25, 0.3) is 11.0 Å². The molecular weight excluding hydrogens is 361 g/mol. The number of nitrogens with one attached hydrogen (secondary N) is 1. The summed E-state index contributed by atoms with van der Waals surface area (Å²) in [5.74, 6) is 0.301. The SMILES string of the molecule is Cc1c(C(=O)Nc2cc3c(cc2Cl)OCCCO3)oc2ccc(F)cc12. The van der Waals surface area contributed by atoms with E-state index < -0.39 is 5.91 Å². The van der Waals surface area contributed by atoms with E-state index in [9.17, 15) is 9.18 Å². The van der Waals surface area contributed by atoms with Crippen LogP contribution >= 0.6 is 11.6 Å². The van der Waals surface area contributed by atoms with Crippen LogP contribution in [-0.2, 0) is 0 Å². The maximum atomic E-state index is 13.4. The molecular formula is C19H15ClFNO4. The van der Waals surface area contributed by atoms with Crippen LogP contribution in [-0.4, -0.2) is 19.1 Å². The first-order valence-electron chi connectivity index (χ1n) is 8.12. The number of carbonyl (C=O) groups excluding carboxylic acids is 1. The predicted octanol–water partition coefficient (Wildman–Crippen LogP) is 4.95. The monoisotopic (exact) mass is 375 g/mol. The lowest BCUT2D eigenvalue weighted by atomic mass is 10.1. The molecule has 0 atom stereocenters. The summed E-state index contributed by atoms with van der Waals surface area (Å²) in [5, 5.41) is 3.60. The largest absolute Gasteiger partial charge is 0.490 e. The summed E-state index contributed by atoms with van der Waals surface area (Å²) in [7, 11) is 0. The number of hydrogen-bond donors (Lipinski definition) is 1. The minimum absolute atomic E-state index is 0.105. The zero-order chi connectivity index (χ0) is 18.3. The molecule has 1 N–H and O–H groups in total. The fourth-order valence-corrected chi connectivity index (χ4v) is 3.07. The molecule has 0 saturated carbocycles. The Balaban J connectivity index is 1.66. The molecule has 1 amide bonds. The van der Waals surface area contributed by atoms with Gasteiger partial charge in [-0.3, -0.25) is 4.79 Å². The van der Waals surface area contributed by atoms with Crippen LogP contribution < -0.4 is 14.8 Å². The van der Waals surface area contributed by atoms with E-state index in [0.717, 1.165) is 6.42 Å². The lowest BCUT2D eigenvalue weighted by molar-refractivity contribution is 0.0998. The number of rotatable bonds is 2. The molecule has 0 radical (unpaired) electrons. The molecule has 0 saturated heterocycles. The predicted molar refractivity (Wildman–Crippen MR) is 95.9 cm³/mol. The number of halogens is 2. The Hall–Kier alpha value is -2.73. The van der Waals surface area contributed by atoms with Gasteiger partial charge >= 0.3 is 0 Å². The van der Waals surface area contributed by atoms with Crippen LogP contribution in [0.4, 0.5) is 10.1 Å². The molecule has 1 aliphatic rings. The zero-order valence-electron chi connectivity index (χ0n) is 13.9. The van der Waals surface area contributed by atoms with E-state index in [1.54, 1.807) is 19.1 Å². The molecule has 3 aromatic rings. The molecule has 2 aromatic carbocycles. The van der Waals surface area contributed by atoms with E-state index in [0.29, 0.717) is 52.0 Å². The Kier molecular flexibility index (Phi) is 4.20. The van der Waals surface area contributed by atoms with Crippen LogP contribution in [0.5, 0.6) is 11.5 Å². The van der Waals surface area contributed by atoms with Crippen LogP contribution in [0.2, 0.25) is 5.02 Å². The van der Waals surface area contributed by atoms with Gasteiger partial charge in [0.2, 0.25) is 0 Å². The number of furan rings is 1. The van der Waals surface area contributed by atoms with Gasteiger partial charge in [-0.05, 0) is 25.1 Å². The molecule has 7 heteroatoms. The van der Waals surface area contributed by atoms with Crippen molar-refractivity contribution in [3.8, 4) is 11.5 Å². The normalized spacial score (nSPS) is 13.5. The molecule has 0 bridgehead atoms. The molecule has 2 heterocycles. The first kappa shape index (κ1) is 16.7. The lowest BCUT2D eigenvalue weighted by Crippen LogP contribution is -2.12. The highest BCUT2D eigenvalue weighted by Gasteiger charge is 2.21. The highest BCUT2D eigenvalue weighted by molar-refractivity contribution is 6.34. The second-order valence-electron chi connectivity index (χ2n) is 5.98.